The van der Waals surface area contributed by atoms with Gasteiger partial charge in [-0.3, -0.25) is 9.59 Å². The third-order valence-electron chi connectivity index (χ3n) is 4.46. The van der Waals surface area contributed by atoms with E-state index in [0.29, 0.717) is 13.0 Å². The van der Waals surface area contributed by atoms with Gasteiger partial charge < -0.3 is 4.74 Å². The lowest BCUT2D eigenvalue weighted by molar-refractivity contribution is -0.160. The van der Waals surface area contributed by atoms with Gasteiger partial charge in [0.25, 0.3) is 0 Å². The largest absolute Gasteiger partial charge is 0.465 e. The van der Waals surface area contributed by atoms with Crippen LogP contribution in [0.15, 0.2) is 12.2 Å². The molecule has 100 valence electrons. The van der Waals surface area contributed by atoms with Crippen LogP contribution in [0, 0.1) is 11.3 Å². The molecule has 3 heteroatoms. The van der Waals surface area contributed by atoms with Gasteiger partial charge in [-0.1, -0.05) is 25.0 Å². The zero-order valence-electron chi connectivity index (χ0n) is 11.2. The Hall–Kier alpha value is -1.12. The van der Waals surface area contributed by atoms with Crippen molar-refractivity contribution in [2.45, 2.75) is 51.9 Å². The fourth-order valence-corrected chi connectivity index (χ4v) is 3.56. The highest BCUT2D eigenvalue weighted by atomic mass is 16.5. The van der Waals surface area contributed by atoms with Crippen LogP contribution in [-0.4, -0.2) is 18.4 Å². The Kier molecular flexibility index (Phi) is 3.88. The number of carbonyl (C=O) groups excluding carboxylic acids is 2. The standard InChI is InChI=1S/C15H22O3/c1-3-18-14(17)15-11(2)9-10-12(15)7-5-4-6-8-13(15)16/h12H,2-10H2,1H3/t12-,15-/m0/s1. The van der Waals surface area contributed by atoms with Crippen LogP contribution in [0.1, 0.15) is 51.9 Å². The minimum atomic E-state index is -1.00. The molecule has 0 radical (unpaired) electrons. The normalized spacial score (nSPS) is 32.6. The Morgan fingerprint density at radius 2 is 2.11 bits per heavy atom. The van der Waals surface area contributed by atoms with E-state index in [1.807, 2.05) is 0 Å². The zero-order valence-corrected chi connectivity index (χ0v) is 11.2. The van der Waals surface area contributed by atoms with Crippen molar-refractivity contribution in [1.29, 1.82) is 0 Å². The topological polar surface area (TPSA) is 43.4 Å². The third kappa shape index (κ3) is 1.90. The summed E-state index contributed by atoms with van der Waals surface area (Å²) in [7, 11) is 0. The molecule has 0 bridgehead atoms. The average molecular weight is 250 g/mol. The monoisotopic (exact) mass is 250 g/mol. The Morgan fingerprint density at radius 1 is 1.33 bits per heavy atom. The van der Waals surface area contributed by atoms with Crippen molar-refractivity contribution in [1.82, 2.24) is 0 Å². The number of hydrogen-bond acceptors (Lipinski definition) is 3. The summed E-state index contributed by atoms with van der Waals surface area (Å²) in [6.07, 6.45) is 6.22. The number of carbonyl (C=O) groups is 2. The second-order valence-corrected chi connectivity index (χ2v) is 5.39. The van der Waals surface area contributed by atoms with Crippen LogP contribution in [0.25, 0.3) is 0 Å². The second kappa shape index (κ2) is 5.25. The van der Waals surface area contributed by atoms with E-state index >= 15 is 0 Å². The first-order valence-electron chi connectivity index (χ1n) is 7.02. The molecule has 0 aromatic carbocycles. The summed E-state index contributed by atoms with van der Waals surface area (Å²) in [6.45, 7) is 6.13. The SMILES string of the molecule is C=C1CC[C@@H]2CCCCCC(=O)[C@]12C(=O)OCC. The Bertz CT molecular complexity index is 362. The summed E-state index contributed by atoms with van der Waals surface area (Å²) in [4.78, 5) is 24.9. The van der Waals surface area contributed by atoms with E-state index in [4.69, 9.17) is 4.74 Å². The van der Waals surface area contributed by atoms with Crippen molar-refractivity contribution < 1.29 is 14.3 Å². The summed E-state index contributed by atoms with van der Waals surface area (Å²) in [5, 5.41) is 0. The summed E-state index contributed by atoms with van der Waals surface area (Å²) in [5.41, 5.74) is -0.214. The molecule has 18 heavy (non-hydrogen) atoms. The lowest BCUT2D eigenvalue weighted by Crippen LogP contribution is -2.45. The van der Waals surface area contributed by atoms with Crippen LogP contribution >= 0.6 is 0 Å². The lowest BCUT2D eigenvalue weighted by atomic mass is 9.68. The maximum atomic E-state index is 12.5. The lowest BCUT2D eigenvalue weighted by Gasteiger charge is -2.34. The first-order chi connectivity index (χ1) is 8.64. The molecule has 0 spiro atoms. The molecule has 0 heterocycles. The van der Waals surface area contributed by atoms with Crippen LogP contribution in [0.5, 0.6) is 0 Å². The van der Waals surface area contributed by atoms with Gasteiger partial charge in [0.1, 0.15) is 5.41 Å². The first kappa shape index (κ1) is 13.3. The van der Waals surface area contributed by atoms with Crippen LogP contribution in [-0.2, 0) is 14.3 Å². The van der Waals surface area contributed by atoms with E-state index in [1.165, 1.54) is 0 Å². The minimum Gasteiger partial charge on any atom is -0.465 e. The highest BCUT2D eigenvalue weighted by Gasteiger charge is 2.57. The zero-order chi connectivity index (χ0) is 13.2. The molecule has 2 fully saturated rings. The Labute approximate surface area is 109 Å². The van der Waals surface area contributed by atoms with E-state index < -0.39 is 5.41 Å². The van der Waals surface area contributed by atoms with Crippen molar-refractivity contribution in [2.24, 2.45) is 11.3 Å². The van der Waals surface area contributed by atoms with E-state index in [1.54, 1.807) is 6.92 Å². The van der Waals surface area contributed by atoms with E-state index in [0.717, 1.165) is 44.1 Å². The third-order valence-corrected chi connectivity index (χ3v) is 4.46. The number of fused-ring (bicyclic) bond motifs is 1. The molecule has 2 atom stereocenters. The fourth-order valence-electron chi connectivity index (χ4n) is 3.56. The first-order valence-corrected chi connectivity index (χ1v) is 7.02. The van der Waals surface area contributed by atoms with E-state index in [2.05, 4.69) is 6.58 Å². The predicted molar refractivity (Wildman–Crippen MR) is 69.0 cm³/mol. The summed E-state index contributed by atoms with van der Waals surface area (Å²) in [5.74, 6) is -0.172. The quantitative estimate of drug-likeness (QED) is 0.430. The van der Waals surface area contributed by atoms with Gasteiger partial charge in [0.05, 0.1) is 6.61 Å². The molecule has 0 aromatic heterocycles. The molecule has 2 aliphatic carbocycles. The smallest absolute Gasteiger partial charge is 0.324 e. The maximum absolute atomic E-state index is 12.5. The molecule has 0 aliphatic heterocycles. The highest BCUT2D eigenvalue weighted by molar-refractivity contribution is 6.07. The van der Waals surface area contributed by atoms with Crippen molar-refractivity contribution >= 4 is 11.8 Å². The molecular weight excluding hydrogens is 228 g/mol. The molecule has 2 saturated carbocycles. The second-order valence-electron chi connectivity index (χ2n) is 5.39. The molecule has 0 aromatic rings. The Morgan fingerprint density at radius 3 is 2.83 bits per heavy atom. The van der Waals surface area contributed by atoms with Crippen LogP contribution in [0.4, 0.5) is 0 Å². The van der Waals surface area contributed by atoms with Crippen molar-refractivity contribution in [3.05, 3.63) is 12.2 Å². The van der Waals surface area contributed by atoms with Crippen molar-refractivity contribution in [3.8, 4) is 0 Å². The van der Waals surface area contributed by atoms with Gasteiger partial charge in [-0.05, 0) is 38.5 Å². The van der Waals surface area contributed by atoms with Gasteiger partial charge in [0.15, 0.2) is 5.78 Å². The number of ether oxygens (including phenoxy) is 1. The molecular formula is C15H22O3. The summed E-state index contributed by atoms with van der Waals surface area (Å²) >= 11 is 0. The van der Waals surface area contributed by atoms with Crippen LogP contribution in [0.2, 0.25) is 0 Å². The molecule has 0 amide bonds. The molecule has 0 N–H and O–H groups in total. The molecule has 3 nitrogen and oxygen atoms in total. The molecule has 0 saturated heterocycles. The molecule has 2 rings (SSSR count). The highest BCUT2D eigenvalue weighted by Crippen LogP contribution is 2.52. The van der Waals surface area contributed by atoms with Gasteiger partial charge >= 0.3 is 5.97 Å². The number of esters is 1. The van der Waals surface area contributed by atoms with Gasteiger partial charge in [-0.15, -0.1) is 0 Å². The minimum absolute atomic E-state index is 0.0492. The van der Waals surface area contributed by atoms with Crippen molar-refractivity contribution in [2.75, 3.05) is 6.61 Å². The van der Waals surface area contributed by atoms with Gasteiger partial charge in [-0.25, -0.2) is 0 Å². The van der Waals surface area contributed by atoms with E-state index in [-0.39, 0.29) is 17.7 Å². The number of Topliss-reactive ketones (excluding diaryl/α,β-unsaturated/α-hetero) is 1. The number of rotatable bonds is 2. The maximum Gasteiger partial charge on any atom is 0.324 e. The number of ketones is 1. The van der Waals surface area contributed by atoms with Gasteiger partial charge in [-0.2, -0.15) is 0 Å². The molecule has 2 aliphatic rings. The fraction of sp³-hybridized carbons (Fsp3) is 0.733. The molecule has 0 unspecified atom stereocenters. The average Bonchev–Trinajstić information content (AvgIpc) is 2.64. The van der Waals surface area contributed by atoms with Crippen molar-refractivity contribution in [3.63, 3.8) is 0 Å². The predicted octanol–water partition coefficient (Wildman–Crippen LogP) is 3.04. The summed E-state index contributed by atoms with van der Waals surface area (Å²) in [6, 6.07) is 0. The van der Waals surface area contributed by atoms with Gasteiger partial charge in [0.2, 0.25) is 0 Å². The Balaban J connectivity index is 2.39. The van der Waals surface area contributed by atoms with Crippen LogP contribution < -0.4 is 0 Å². The van der Waals surface area contributed by atoms with Crippen LogP contribution in [0.3, 0.4) is 0 Å². The summed E-state index contributed by atoms with van der Waals surface area (Å²) < 4.78 is 5.20. The number of hydrogen-bond donors (Lipinski definition) is 0. The van der Waals surface area contributed by atoms with Gasteiger partial charge in [0, 0.05) is 6.42 Å². The van der Waals surface area contributed by atoms with E-state index in [9.17, 15) is 9.59 Å².